The molecule has 2 N–H and O–H groups in total. The molecule has 0 radical (unpaired) electrons. The number of aliphatic hydroxyl groups is 1. The van der Waals surface area contributed by atoms with Gasteiger partial charge in [-0.3, -0.25) is 9.36 Å². The van der Waals surface area contributed by atoms with E-state index in [1.807, 2.05) is 53.1 Å². The van der Waals surface area contributed by atoms with Crippen molar-refractivity contribution in [2.45, 2.75) is 13.0 Å². The van der Waals surface area contributed by atoms with Gasteiger partial charge in [-0.25, -0.2) is 4.98 Å². The third kappa shape index (κ3) is 2.75. The van der Waals surface area contributed by atoms with Crippen molar-refractivity contribution in [3.8, 4) is 16.8 Å². The molecule has 25 heavy (non-hydrogen) atoms. The Morgan fingerprint density at radius 2 is 2.00 bits per heavy atom. The predicted octanol–water partition coefficient (Wildman–Crippen LogP) is 3.43. The Morgan fingerprint density at radius 3 is 2.80 bits per heavy atom. The summed E-state index contributed by atoms with van der Waals surface area (Å²) in [5.41, 5.74) is 4.89. The number of hydrogen-bond donors (Lipinski definition) is 2. The molecule has 5 nitrogen and oxygen atoms in total. The number of H-pyrrole nitrogens is 1. The van der Waals surface area contributed by atoms with E-state index in [1.165, 1.54) is 0 Å². The van der Waals surface area contributed by atoms with Gasteiger partial charge in [0.15, 0.2) is 0 Å². The fourth-order valence-electron chi connectivity index (χ4n) is 2.97. The molecular weight excluding hydrogens is 314 g/mol. The van der Waals surface area contributed by atoms with Crippen LogP contribution in [0.25, 0.3) is 27.8 Å². The SMILES string of the molecule is C[C@@H](O)c1ccc2c(c1)ncn2-c1cccc(-c2ccc[nH]c2=O)c1. The molecule has 0 saturated carbocycles. The van der Waals surface area contributed by atoms with E-state index in [4.69, 9.17) is 0 Å². The lowest BCUT2D eigenvalue weighted by atomic mass is 10.1. The van der Waals surface area contributed by atoms with E-state index in [0.717, 1.165) is 27.8 Å². The van der Waals surface area contributed by atoms with Crippen molar-refractivity contribution in [2.24, 2.45) is 0 Å². The van der Waals surface area contributed by atoms with E-state index in [0.29, 0.717) is 5.56 Å². The van der Waals surface area contributed by atoms with Crippen molar-refractivity contribution in [2.75, 3.05) is 0 Å². The number of aromatic nitrogens is 3. The van der Waals surface area contributed by atoms with E-state index < -0.39 is 6.10 Å². The van der Waals surface area contributed by atoms with Gasteiger partial charge in [0.05, 0.1) is 17.1 Å². The van der Waals surface area contributed by atoms with Gasteiger partial charge in [0.25, 0.3) is 5.56 Å². The number of benzene rings is 2. The van der Waals surface area contributed by atoms with Crippen molar-refractivity contribution in [1.29, 1.82) is 0 Å². The summed E-state index contributed by atoms with van der Waals surface area (Å²) < 4.78 is 1.97. The molecule has 5 heteroatoms. The van der Waals surface area contributed by atoms with E-state index in [9.17, 15) is 9.90 Å². The highest BCUT2D eigenvalue weighted by molar-refractivity contribution is 5.79. The first-order chi connectivity index (χ1) is 12.1. The van der Waals surface area contributed by atoms with E-state index in [1.54, 1.807) is 25.5 Å². The molecule has 0 aliphatic rings. The minimum atomic E-state index is -0.525. The van der Waals surface area contributed by atoms with Crippen LogP contribution in [0.3, 0.4) is 0 Å². The second-order valence-electron chi connectivity index (χ2n) is 6.00. The number of nitrogens with one attached hydrogen (secondary N) is 1. The summed E-state index contributed by atoms with van der Waals surface area (Å²) in [4.78, 5) is 19.2. The zero-order chi connectivity index (χ0) is 17.4. The van der Waals surface area contributed by atoms with Crippen molar-refractivity contribution in [1.82, 2.24) is 14.5 Å². The number of rotatable bonds is 3. The van der Waals surface area contributed by atoms with Gasteiger partial charge in [-0.05, 0) is 54.4 Å². The fraction of sp³-hybridized carbons (Fsp3) is 0.100. The van der Waals surface area contributed by atoms with Crippen molar-refractivity contribution >= 4 is 11.0 Å². The summed E-state index contributed by atoms with van der Waals surface area (Å²) in [6, 6.07) is 17.1. The van der Waals surface area contributed by atoms with Crippen LogP contribution in [-0.4, -0.2) is 19.6 Å². The summed E-state index contributed by atoms with van der Waals surface area (Å²) in [7, 11) is 0. The summed E-state index contributed by atoms with van der Waals surface area (Å²) in [6.07, 6.45) is 2.85. The van der Waals surface area contributed by atoms with Gasteiger partial charge in [-0.2, -0.15) is 0 Å². The van der Waals surface area contributed by atoms with Crippen LogP contribution in [0.2, 0.25) is 0 Å². The molecule has 0 amide bonds. The number of hydrogen-bond acceptors (Lipinski definition) is 3. The zero-order valence-electron chi connectivity index (χ0n) is 13.7. The Kier molecular flexibility index (Phi) is 3.71. The molecule has 2 heterocycles. The van der Waals surface area contributed by atoms with Crippen LogP contribution in [-0.2, 0) is 0 Å². The first-order valence-corrected chi connectivity index (χ1v) is 8.07. The van der Waals surface area contributed by atoms with Crippen LogP contribution in [0.1, 0.15) is 18.6 Å². The Hall–Kier alpha value is -3.18. The Balaban J connectivity index is 1.83. The van der Waals surface area contributed by atoms with Crippen LogP contribution in [0.15, 0.2) is 71.9 Å². The van der Waals surface area contributed by atoms with Crippen LogP contribution >= 0.6 is 0 Å². The molecule has 0 fully saturated rings. The molecule has 4 aromatic rings. The molecule has 2 aromatic heterocycles. The molecule has 124 valence electrons. The van der Waals surface area contributed by atoms with Crippen molar-refractivity contribution in [3.63, 3.8) is 0 Å². The maximum Gasteiger partial charge on any atom is 0.255 e. The Labute approximate surface area is 144 Å². The first kappa shape index (κ1) is 15.4. The molecular formula is C20H17N3O2. The van der Waals surface area contributed by atoms with Crippen LogP contribution in [0.4, 0.5) is 0 Å². The topological polar surface area (TPSA) is 70.9 Å². The van der Waals surface area contributed by atoms with E-state index >= 15 is 0 Å². The second kappa shape index (κ2) is 6.03. The summed E-state index contributed by atoms with van der Waals surface area (Å²) in [5, 5.41) is 9.73. The molecule has 4 rings (SSSR count). The Morgan fingerprint density at radius 1 is 1.12 bits per heavy atom. The average molecular weight is 331 g/mol. The third-order valence-corrected chi connectivity index (χ3v) is 4.31. The molecule has 0 saturated heterocycles. The highest BCUT2D eigenvalue weighted by atomic mass is 16.3. The molecule has 2 aromatic carbocycles. The van der Waals surface area contributed by atoms with E-state index in [2.05, 4.69) is 9.97 Å². The number of aromatic amines is 1. The third-order valence-electron chi connectivity index (χ3n) is 4.31. The summed E-state index contributed by atoms with van der Waals surface area (Å²) >= 11 is 0. The lowest BCUT2D eigenvalue weighted by Crippen LogP contribution is -2.07. The second-order valence-corrected chi connectivity index (χ2v) is 6.00. The molecule has 0 aliphatic carbocycles. The lowest BCUT2D eigenvalue weighted by Gasteiger charge is -2.08. The van der Waals surface area contributed by atoms with Gasteiger partial charge in [0.2, 0.25) is 0 Å². The zero-order valence-corrected chi connectivity index (χ0v) is 13.7. The molecule has 0 bridgehead atoms. The summed E-state index contributed by atoms with van der Waals surface area (Å²) in [5.74, 6) is 0. The van der Waals surface area contributed by atoms with Crippen LogP contribution < -0.4 is 5.56 Å². The standard InChI is InChI=1S/C20H17N3O2/c1-13(24)14-7-8-19-18(11-14)22-12-23(19)16-5-2-4-15(10-16)17-6-3-9-21-20(17)25/h2-13,24H,1H3,(H,21,25)/t13-/m1/s1. The minimum absolute atomic E-state index is 0.114. The normalized spacial score (nSPS) is 12.4. The highest BCUT2D eigenvalue weighted by Gasteiger charge is 2.09. The van der Waals surface area contributed by atoms with Gasteiger partial charge in [-0.1, -0.05) is 18.2 Å². The largest absolute Gasteiger partial charge is 0.389 e. The number of fused-ring (bicyclic) bond motifs is 1. The monoisotopic (exact) mass is 331 g/mol. The van der Waals surface area contributed by atoms with Crippen molar-refractivity contribution < 1.29 is 5.11 Å². The average Bonchev–Trinajstić information content (AvgIpc) is 3.05. The maximum atomic E-state index is 12.0. The minimum Gasteiger partial charge on any atom is -0.389 e. The number of nitrogens with zero attached hydrogens (tertiary/aromatic N) is 2. The van der Waals surface area contributed by atoms with Gasteiger partial charge in [-0.15, -0.1) is 0 Å². The van der Waals surface area contributed by atoms with Crippen LogP contribution in [0, 0.1) is 0 Å². The molecule has 0 spiro atoms. The van der Waals surface area contributed by atoms with Crippen LogP contribution in [0.5, 0.6) is 0 Å². The predicted molar refractivity (Wildman–Crippen MR) is 97.8 cm³/mol. The smallest absolute Gasteiger partial charge is 0.255 e. The fourth-order valence-corrected chi connectivity index (χ4v) is 2.97. The molecule has 1 atom stereocenters. The van der Waals surface area contributed by atoms with Gasteiger partial charge >= 0.3 is 0 Å². The van der Waals surface area contributed by atoms with Crippen molar-refractivity contribution in [3.05, 3.63) is 83.0 Å². The van der Waals surface area contributed by atoms with Gasteiger partial charge in [0, 0.05) is 17.4 Å². The number of aliphatic hydroxyl groups excluding tert-OH is 1. The number of imidazole rings is 1. The number of pyridine rings is 1. The maximum absolute atomic E-state index is 12.0. The first-order valence-electron chi connectivity index (χ1n) is 8.07. The van der Waals surface area contributed by atoms with Gasteiger partial charge in [0.1, 0.15) is 6.33 Å². The molecule has 0 aliphatic heterocycles. The highest BCUT2D eigenvalue weighted by Crippen LogP contribution is 2.24. The van der Waals surface area contributed by atoms with E-state index in [-0.39, 0.29) is 5.56 Å². The quantitative estimate of drug-likeness (QED) is 0.604. The van der Waals surface area contributed by atoms with Gasteiger partial charge < -0.3 is 10.1 Å². The summed E-state index contributed by atoms with van der Waals surface area (Å²) in [6.45, 7) is 1.74. The molecule has 0 unspecified atom stereocenters. The lowest BCUT2D eigenvalue weighted by molar-refractivity contribution is 0.199. The Bertz CT molecular complexity index is 1110.